The van der Waals surface area contributed by atoms with Crippen molar-refractivity contribution in [2.24, 2.45) is 5.92 Å². The molecule has 4 heteroatoms. The van der Waals surface area contributed by atoms with Crippen LogP contribution in [-0.4, -0.2) is 42.2 Å². The Bertz CT molecular complexity index is 116. The van der Waals surface area contributed by atoms with Gasteiger partial charge in [-0.3, -0.25) is 0 Å². The molecule has 0 unspecified atom stereocenters. The Balaban J connectivity index is 2.53. The van der Waals surface area contributed by atoms with Gasteiger partial charge < -0.3 is 15.5 Å². The van der Waals surface area contributed by atoms with Crippen LogP contribution in [0.25, 0.3) is 0 Å². The van der Waals surface area contributed by atoms with Gasteiger partial charge in [-0.2, -0.15) is 0 Å². The van der Waals surface area contributed by atoms with Crippen molar-refractivity contribution in [1.82, 2.24) is 5.32 Å². The third-order valence-corrected chi connectivity index (χ3v) is 2.36. The SMILES string of the molecule is CN[C@@H]1C[C@H](CO)[C@@H](O)[C@@H]1F. The molecule has 0 heterocycles. The number of nitrogens with one attached hydrogen (secondary N) is 1. The van der Waals surface area contributed by atoms with E-state index in [9.17, 15) is 9.50 Å². The van der Waals surface area contributed by atoms with E-state index < -0.39 is 12.3 Å². The lowest BCUT2D eigenvalue weighted by Gasteiger charge is -2.12. The van der Waals surface area contributed by atoms with Crippen LogP contribution >= 0.6 is 0 Å². The van der Waals surface area contributed by atoms with Gasteiger partial charge in [0.15, 0.2) is 0 Å². The molecule has 0 saturated heterocycles. The van der Waals surface area contributed by atoms with Crippen LogP contribution in [0.3, 0.4) is 0 Å². The summed E-state index contributed by atoms with van der Waals surface area (Å²) in [6.45, 7) is -0.139. The molecule has 0 aromatic rings. The molecule has 1 aliphatic carbocycles. The highest BCUT2D eigenvalue weighted by molar-refractivity contribution is 4.94. The van der Waals surface area contributed by atoms with E-state index in [1.165, 1.54) is 0 Å². The fourth-order valence-corrected chi connectivity index (χ4v) is 1.55. The van der Waals surface area contributed by atoms with Gasteiger partial charge >= 0.3 is 0 Å². The van der Waals surface area contributed by atoms with Crippen LogP contribution in [0.4, 0.5) is 4.39 Å². The fraction of sp³-hybridized carbons (Fsp3) is 1.00. The van der Waals surface area contributed by atoms with Crippen LogP contribution in [0.2, 0.25) is 0 Å². The third-order valence-electron chi connectivity index (χ3n) is 2.36. The second-order valence-corrected chi connectivity index (χ2v) is 3.01. The van der Waals surface area contributed by atoms with Crippen molar-refractivity contribution in [3.05, 3.63) is 0 Å². The maximum atomic E-state index is 13.0. The standard InChI is InChI=1S/C7H14FNO2/c1-9-5-2-4(3-10)7(11)6(5)8/h4-7,9-11H,2-3H2,1H3/t4-,5-,6-,7-/m1/s1. The van der Waals surface area contributed by atoms with Crippen molar-refractivity contribution in [3.8, 4) is 0 Å². The molecule has 0 aromatic heterocycles. The first-order valence-electron chi connectivity index (χ1n) is 3.81. The molecule has 0 spiro atoms. The lowest BCUT2D eigenvalue weighted by Crippen LogP contribution is -2.34. The summed E-state index contributed by atoms with van der Waals surface area (Å²) in [4.78, 5) is 0. The Labute approximate surface area is 65.2 Å². The van der Waals surface area contributed by atoms with Gasteiger partial charge in [0.05, 0.1) is 6.10 Å². The van der Waals surface area contributed by atoms with Crippen LogP contribution in [0.15, 0.2) is 0 Å². The summed E-state index contributed by atoms with van der Waals surface area (Å²) < 4.78 is 13.0. The summed E-state index contributed by atoms with van der Waals surface area (Å²) in [5, 5.41) is 20.7. The molecule has 1 fully saturated rings. The summed E-state index contributed by atoms with van der Waals surface area (Å²) in [7, 11) is 1.66. The molecule has 0 aromatic carbocycles. The van der Waals surface area contributed by atoms with Crippen molar-refractivity contribution < 1.29 is 14.6 Å². The lowest BCUT2D eigenvalue weighted by molar-refractivity contribution is 0.0423. The van der Waals surface area contributed by atoms with Crippen LogP contribution in [0, 0.1) is 5.92 Å². The molecule has 4 atom stereocenters. The normalized spacial score (nSPS) is 44.7. The molecule has 3 nitrogen and oxygen atoms in total. The highest BCUT2D eigenvalue weighted by Crippen LogP contribution is 2.28. The van der Waals surface area contributed by atoms with E-state index in [0.29, 0.717) is 6.42 Å². The van der Waals surface area contributed by atoms with Crippen LogP contribution in [0.1, 0.15) is 6.42 Å². The highest BCUT2D eigenvalue weighted by Gasteiger charge is 2.41. The van der Waals surface area contributed by atoms with Crippen molar-refractivity contribution in [2.75, 3.05) is 13.7 Å². The topological polar surface area (TPSA) is 52.5 Å². The number of alkyl halides is 1. The zero-order valence-corrected chi connectivity index (χ0v) is 6.50. The molecule has 0 aliphatic heterocycles. The molecule has 0 amide bonds. The molecule has 0 bridgehead atoms. The van der Waals surface area contributed by atoms with Crippen molar-refractivity contribution >= 4 is 0 Å². The van der Waals surface area contributed by atoms with E-state index in [2.05, 4.69) is 5.32 Å². The molecular formula is C7H14FNO2. The quantitative estimate of drug-likeness (QED) is 0.504. The molecule has 3 N–H and O–H groups in total. The van der Waals surface area contributed by atoms with Gasteiger partial charge in [-0.25, -0.2) is 4.39 Å². The Morgan fingerprint density at radius 2 is 2.27 bits per heavy atom. The van der Waals surface area contributed by atoms with Gasteiger partial charge in [-0.05, 0) is 13.5 Å². The number of rotatable bonds is 2. The van der Waals surface area contributed by atoms with Crippen molar-refractivity contribution in [3.63, 3.8) is 0 Å². The average Bonchev–Trinajstić information content (AvgIpc) is 2.30. The van der Waals surface area contributed by atoms with Gasteiger partial charge in [-0.1, -0.05) is 0 Å². The van der Waals surface area contributed by atoms with E-state index >= 15 is 0 Å². The van der Waals surface area contributed by atoms with Crippen LogP contribution < -0.4 is 5.32 Å². The fourth-order valence-electron chi connectivity index (χ4n) is 1.55. The van der Waals surface area contributed by atoms with E-state index in [-0.39, 0.29) is 18.6 Å². The second kappa shape index (κ2) is 3.47. The van der Waals surface area contributed by atoms with Gasteiger partial charge in [0, 0.05) is 18.6 Å². The number of aliphatic hydroxyl groups excluding tert-OH is 2. The Morgan fingerprint density at radius 3 is 2.55 bits per heavy atom. The minimum atomic E-state index is -1.24. The maximum absolute atomic E-state index is 13.0. The molecule has 1 saturated carbocycles. The first-order valence-corrected chi connectivity index (χ1v) is 3.81. The molecule has 11 heavy (non-hydrogen) atoms. The molecular weight excluding hydrogens is 149 g/mol. The zero-order chi connectivity index (χ0) is 8.43. The summed E-state index contributed by atoms with van der Waals surface area (Å²) in [6.07, 6.45) is -1.73. The number of halogens is 1. The van der Waals surface area contributed by atoms with Gasteiger partial charge in [-0.15, -0.1) is 0 Å². The maximum Gasteiger partial charge on any atom is 0.141 e. The average molecular weight is 163 g/mol. The Hall–Kier alpha value is -0.190. The predicted molar refractivity (Wildman–Crippen MR) is 38.9 cm³/mol. The predicted octanol–water partition coefficient (Wildman–Crippen LogP) is -0.714. The second-order valence-electron chi connectivity index (χ2n) is 3.01. The third kappa shape index (κ3) is 1.52. The summed E-state index contributed by atoms with van der Waals surface area (Å²) in [5.74, 6) is -0.303. The molecule has 66 valence electrons. The Morgan fingerprint density at radius 1 is 1.64 bits per heavy atom. The zero-order valence-electron chi connectivity index (χ0n) is 6.50. The van der Waals surface area contributed by atoms with E-state index in [1.807, 2.05) is 0 Å². The minimum Gasteiger partial charge on any atom is -0.396 e. The lowest BCUT2D eigenvalue weighted by atomic mass is 10.1. The molecule has 1 aliphatic rings. The minimum absolute atomic E-state index is 0.139. The summed E-state index contributed by atoms with van der Waals surface area (Å²) in [6, 6.07) is -0.304. The first kappa shape index (κ1) is 8.90. The number of hydrogen-bond acceptors (Lipinski definition) is 3. The van der Waals surface area contributed by atoms with Crippen molar-refractivity contribution in [2.45, 2.75) is 24.7 Å². The van der Waals surface area contributed by atoms with Gasteiger partial charge in [0.25, 0.3) is 0 Å². The smallest absolute Gasteiger partial charge is 0.141 e. The largest absolute Gasteiger partial charge is 0.396 e. The van der Waals surface area contributed by atoms with Crippen LogP contribution in [-0.2, 0) is 0 Å². The van der Waals surface area contributed by atoms with E-state index in [1.54, 1.807) is 7.05 Å². The van der Waals surface area contributed by atoms with E-state index in [4.69, 9.17) is 5.11 Å². The summed E-state index contributed by atoms with van der Waals surface area (Å²) in [5.41, 5.74) is 0. The van der Waals surface area contributed by atoms with Crippen molar-refractivity contribution in [1.29, 1.82) is 0 Å². The number of aliphatic hydroxyl groups is 2. The first-order chi connectivity index (χ1) is 5.20. The highest BCUT2D eigenvalue weighted by atomic mass is 19.1. The monoisotopic (exact) mass is 163 g/mol. The number of hydrogen-bond donors (Lipinski definition) is 3. The van der Waals surface area contributed by atoms with Gasteiger partial charge in [0.1, 0.15) is 6.17 Å². The van der Waals surface area contributed by atoms with E-state index in [0.717, 1.165) is 0 Å². The van der Waals surface area contributed by atoms with Gasteiger partial charge in [0.2, 0.25) is 0 Å². The Kier molecular flexibility index (Phi) is 2.81. The molecule has 0 radical (unpaired) electrons. The van der Waals surface area contributed by atoms with Crippen LogP contribution in [0.5, 0.6) is 0 Å². The summed E-state index contributed by atoms with van der Waals surface area (Å²) >= 11 is 0. The molecule has 1 rings (SSSR count).